The third-order valence-electron chi connectivity index (χ3n) is 5.72. The molecule has 0 atom stereocenters. The van der Waals surface area contributed by atoms with Crippen molar-refractivity contribution in [1.82, 2.24) is 4.57 Å². The van der Waals surface area contributed by atoms with E-state index in [0.29, 0.717) is 15.5 Å². The Hall–Kier alpha value is -3.60. The summed E-state index contributed by atoms with van der Waals surface area (Å²) in [4.78, 5) is 27.0. The third kappa shape index (κ3) is 4.75. The maximum atomic E-state index is 13.8. The average Bonchev–Trinajstić information content (AvgIpc) is 2.84. The van der Waals surface area contributed by atoms with Crippen molar-refractivity contribution >= 4 is 55.1 Å². The summed E-state index contributed by atoms with van der Waals surface area (Å²) in [6, 6.07) is 16.1. The van der Waals surface area contributed by atoms with Crippen LogP contribution in [0.25, 0.3) is 21.9 Å². The standard InChI is InChI=1S/C26H17ClFNO6S2/c1-37(33,34)18-9-10-19-20(12-18)29(13-14-5-7-16(28)8-6-14)25(31)21-22(30)24(26(32)35-23(19)21)36-17-4-2-3-15(27)11-17/h2-12,30H,13H2,1H3. The van der Waals surface area contributed by atoms with Crippen LogP contribution in [0.4, 0.5) is 4.39 Å². The largest absolute Gasteiger partial charge is 0.505 e. The molecule has 0 saturated heterocycles. The van der Waals surface area contributed by atoms with Gasteiger partial charge >= 0.3 is 5.63 Å². The van der Waals surface area contributed by atoms with Crippen molar-refractivity contribution in [2.45, 2.75) is 21.2 Å². The highest BCUT2D eigenvalue weighted by molar-refractivity contribution is 7.99. The van der Waals surface area contributed by atoms with Crippen LogP contribution in [0.15, 0.2) is 95.4 Å². The molecule has 1 N–H and O–H groups in total. The first-order chi connectivity index (χ1) is 17.5. The molecule has 11 heteroatoms. The van der Waals surface area contributed by atoms with Crippen LogP contribution in [0.1, 0.15) is 5.56 Å². The van der Waals surface area contributed by atoms with Crippen LogP contribution in [0.3, 0.4) is 0 Å². The Kier molecular flexibility index (Phi) is 6.35. The van der Waals surface area contributed by atoms with E-state index in [2.05, 4.69) is 0 Å². The van der Waals surface area contributed by atoms with Gasteiger partial charge in [-0.3, -0.25) is 4.79 Å². The van der Waals surface area contributed by atoms with Gasteiger partial charge in [-0.25, -0.2) is 17.6 Å². The molecule has 0 unspecified atom stereocenters. The molecule has 188 valence electrons. The van der Waals surface area contributed by atoms with E-state index in [9.17, 15) is 27.5 Å². The lowest BCUT2D eigenvalue weighted by Gasteiger charge is -2.15. The zero-order valence-corrected chi connectivity index (χ0v) is 21.5. The van der Waals surface area contributed by atoms with Gasteiger partial charge in [0.05, 0.1) is 17.0 Å². The summed E-state index contributed by atoms with van der Waals surface area (Å²) < 4.78 is 44.7. The molecule has 0 bridgehead atoms. The maximum absolute atomic E-state index is 13.8. The van der Waals surface area contributed by atoms with Gasteiger partial charge in [0.2, 0.25) is 0 Å². The molecule has 0 aliphatic rings. The number of aromatic hydroxyl groups is 1. The molecule has 2 aromatic heterocycles. The SMILES string of the molecule is CS(=O)(=O)c1ccc2c3oc(=O)c(Sc4cccc(Cl)c4)c(O)c3c(=O)n(Cc3ccc(F)cc3)c2c1. The fourth-order valence-corrected chi connectivity index (χ4v) is 5.75. The van der Waals surface area contributed by atoms with Crippen LogP contribution in [-0.4, -0.2) is 24.3 Å². The Bertz CT molecular complexity index is 1930. The van der Waals surface area contributed by atoms with Gasteiger partial charge in [0.15, 0.2) is 21.2 Å². The molecule has 37 heavy (non-hydrogen) atoms. The first kappa shape index (κ1) is 25.1. The zero-order valence-electron chi connectivity index (χ0n) is 19.1. The third-order valence-corrected chi connectivity index (χ3v) is 8.12. The molecule has 5 aromatic rings. The minimum absolute atomic E-state index is 0.0497. The molecule has 5 rings (SSSR count). The highest BCUT2D eigenvalue weighted by Crippen LogP contribution is 2.38. The molecule has 3 aromatic carbocycles. The summed E-state index contributed by atoms with van der Waals surface area (Å²) in [6.07, 6.45) is 1.03. The average molecular weight is 558 g/mol. The van der Waals surface area contributed by atoms with Gasteiger partial charge in [0, 0.05) is 21.6 Å². The Balaban J connectivity index is 1.83. The summed E-state index contributed by atoms with van der Waals surface area (Å²) in [5.74, 6) is -1.02. The monoisotopic (exact) mass is 557 g/mol. The van der Waals surface area contributed by atoms with E-state index >= 15 is 0 Å². The number of aromatic nitrogens is 1. The topological polar surface area (TPSA) is 107 Å². The minimum Gasteiger partial charge on any atom is -0.505 e. The second-order valence-corrected chi connectivity index (χ2v) is 11.8. The van der Waals surface area contributed by atoms with Gasteiger partial charge in [0.25, 0.3) is 5.56 Å². The molecule has 0 aliphatic heterocycles. The van der Waals surface area contributed by atoms with Gasteiger partial charge in [-0.1, -0.05) is 41.6 Å². The van der Waals surface area contributed by atoms with Crippen molar-refractivity contribution < 1.29 is 22.3 Å². The molecule has 0 amide bonds. The number of benzene rings is 3. The Morgan fingerprint density at radius 3 is 2.46 bits per heavy atom. The van der Waals surface area contributed by atoms with Crippen LogP contribution in [0.2, 0.25) is 5.02 Å². The van der Waals surface area contributed by atoms with Crippen molar-refractivity contribution in [3.8, 4) is 5.75 Å². The highest BCUT2D eigenvalue weighted by atomic mass is 35.5. The second-order valence-electron chi connectivity index (χ2n) is 8.30. The lowest BCUT2D eigenvalue weighted by atomic mass is 10.1. The Morgan fingerprint density at radius 1 is 1.05 bits per heavy atom. The lowest BCUT2D eigenvalue weighted by Crippen LogP contribution is -2.23. The molecule has 0 aliphatic carbocycles. The van der Waals surface area contributed by atoms with Gasteiger partial charge < -0.3 is 14.1 Å². The van der Waals surface area contributed by atoms with Gasteiger partial charge in [-0.15, -0.1) is 0 Å². The molecule has 7 nitrogen and oxygen atoms in total. The summed E-state index contributed by atoms with van der Waals surface area (Å²) in [5, 5.41) is 11.6. The number of rotatable bonds is 5. The number of nitrogens with zero attached hydrogens (tertiary/aromatic N) is 1. The van der Waals surface area contributed by atoms with Crippen LogP contribution in [0.5, 0.6) is 5.75 Å². The molecule has 0 radical (unpaired) electrons. The summed E-state index contributed by atoms with van der Waals surface area (Å²) in [5.41, 5.74) is -1.04. The summed E-state index contributed by atoms with van der Waals surface area (Å²) >= 11 is 6.92. The van der Waals surface area contributed by atoms with Crippen molar-refractivity contribution in [1.29, 1.82) is 0 Å². The molecule has 0 fully saturated rings. The van der Waals surface area contributed by atoms with E-state index in [4.69, 9.17) is 16.0 Å². The fourth-order valence-electron chi connectivity index (χ4n) is 3.97. The predicted octanol–water partition coefficient (Wildman–Crippen LogP) is 5.21. The first-order valence-electron chi connectivity index (χ1n) is 10.8. The molecule has 0 saturated carbocycles. The van der Waals surface area contributed by atoms with Crippen LogP contribution in [-0.2, 0) is 16.4 Å². The first-order valence-corrected chi connectivity index (χ1v) is 13.9. The summed E-state index contributed by atoms with van der Waals surface area (Å²) in [7, 11) is -3.64. The number of fused-ring (bicyclic) bond motifs is 3. The van der Waals surface area contributed by atoms with E-state index in [1.54, 1.807) is 24.3 Å². The molecular weight excluding hydrogens is 541 g/mol. The van der Waals surface area contributed by atoms with E-state index in [1.807, 2.05) is 0 Å². The van der Waals surface area contributed by atoms with Crippen molar-refractivity contribution in [2.24, 2.45) is 0 Å². The fraction of sp³-hybridized carbons (Fsp3) is 0.0769. The van der Waals surface area contributed by atoms with Crippen molar-refractivity contribution in [3.05, 3.63) is 104 Å². The van der Waals surface area contributed by atoms with Gasteiger partial charge in [-0.2, -0.15) is 0 Å². The maximum Gasteiger partial charge on any atom is 0.354 e. The van der Waals surface area contributed by atoms with E-state index < -0.39 is 32.6 Å². The number of sulfone groups is 1. The number of pyridine rings is 1. The van der Waals surface area contributed by atoms with Crippen LogP contribution >= 0.6 is 23.4 Å². The highest BCUT2D eigenvalue weighted by Gasteiger charge is 2.23. The quantitative estimate of drug-likeness (QED) is 0.296. The van der Waals surface area contributed by atoms with Crippen LogP contribution in [0, 0.1) is 5.82 Å². The minimum atomic E-state index is -3.64. The molecular formula is C26H17ClFNO6S2. The summed E-state index contributed by atoms with van der Waals surface area (Å²) in [6.45, 7) is -0.0614. The van der Waals surface area contributed by atoms with Crippen molar-refractivity contribution in [2.75, 3.05) is 6.26 Å². The zero-order chi connectivity index (χ0) is 26.5. The number of hydrogen-bond donors (Lipinski definition) is 1. The van der Waals surface area contributed by atoms with E-state index in [0.717, 1.165) is 18.0 Å². The lowest BCUT2D eigenvalue weighted by molar-refractivity contribution is 0.446. The van der Waals surface area contributed by atoms with Gasteiger partial charge in [-0.05, 0) is 54.1 Å². The molecule has 0 spiro atoms. The Labute approximate surface area is 218 Å². The van der Waals surface area contributed by atoms with E-state index in [-0.39, 0.29) is 38.2 Å². The smallest absolute Gasteiger partial charge is 0.354 e. The molecule has 2 heterocycles. The van der Waals surface area contributed by atoms with Crippen LogP contribution < -0.4 is 11.2 Å². The van der Waals surface area contributed by atoms with E-state index in [1.165, 1.54) is 47.0 Å². The predicted molar refractivity (Wildman–Crippen MR) is 140 cm³/mol. The Morgan fingerprint density at radius 2 is 1.78 bits per heavy atom. The number of halogens is 2. The normalized spacial score (nSPS) is 11.9. The van der Waals surface area contributed by atoms with Gasteiger partial charge in [0.1, 0.15) is 16.1 Å². The van der Waals surface area contributed by atoms with Crippen molar-refractivity contribution in [3.63, 3.8) is 0 Å². The number of hydrogen-bond acceptors (Lipinski definition) is 7. The second kappa shape index (κ2) is 9.37.